The van der Waals surface area contributed by atoms with Gasteiger partial charge in [-0.25, -0.2) is 13.8 Å². The third-order valence-corrected chi connectivity index (χ3v) is 2.42. The van der Waals surface area contributed by atoms with E-state index < -0.39 is 6.43 Å². The highest BCUT2D eigenvalue weighted by Crippen LogP contribution is 2.23. The zero-order valence-electron chi connectivity index (χ0n) is 6.72. The van der Waals surface area contributed by atoms with E-state index in [2.05, 4.69) is 4.98 Å². The second-order valence-electron chi connectivity index (χ2n) is 2.48. The Balaban J connectivity index is 3.30. The molecule has 0 aliphatic rings. The van der Waals surface area contributed by atoms with E-state index in [9.17, 15) is 13.6 Å². The lowest BCUT2D eigenvalue weighted by Crippen LogP contribution is -2.01. The number of nitrogens with zero attached hydrogens (tertiary/aromatic N) is 1. The van der Waals surface area contributed by atoms with Gasteiger partial charge in [-0.05, 0) is 41.1 Å². The summed E-state index contributed by atoms with van der Waals surface area (Å²) in [6, 6.07) is 1.53. The molecular formula is C8H6F2INO. The molecule has 0 radical (unpaired) electrons. The lowest BCUT2D eigenvalue weighted by Gasteiger charge is -2.05. The molecule has 0 unspecified atom stereocenters. The summed E-state index contributed by atoms with van der Waals surface area (Å²) in [7, 11) is 0. The SMILES string of the molecule is Cc1cc(I)c(C(F)F)nc1C=O. The van der Waals surface area contributed by atoms with Crippen LogP contribution in [0.25, 0.3) is 0 Å². The zero-order chi connectivity index (χ0) is 10.0. The summed E-state index contributed by atoms with van der Waals surface area (Å²) in [5, 5.41) is 0. The minimum absolute atomic E-state index is 0.0794. The van der Waals surface area contributed by atoms with Gasteiger partial charge in [-0.1, -0.05) is 0 Å². The highest BCUT2D eigenvalue weighted by Gasteiger charge is 2.15. The van der Waals surface area contributed by atoms with Crippen LogP contribution >= 0.6 is 22.6 Å². The summed E-state index contributed by atoms with van der Waals surface area (Å²) in [4.78, 5) is 14.0. The van der Waals surface area contributed by atoms with Crippen LogP contribution < -0.4 is 0 Å². The van der Waals surface area contributed by atoms with Crippen LogP contribution in [0.15, 0.2) is 6.07 Å². The van der Waals surface area contributed by atoms with Gasteiger partial charge in [0.05, 0.1) is 0 Å². The molecule has 0 saturated heterocycles. The number of hydrogen-bond acceptors (Lipinski definition) is 2. The molecule has 0 saturated carbocycles. The Labute approximate surface area is 87.5 Å². The van der Waals surface area contributed by atoms with Crippen LogP contribution in [0.2, 0.25) is 0 Å². The molecule has 1 aromatic rings. The number of rotatable bonds is 2. The third kappa shape index (κ3) is 2.20. The molecule has 5 heteroatoms. The van der Waals surface area contributed by atoms with Crippen molar-refractivity contribution in [3.8, 4) is 0 Å². The standard InChI is InChI=1S/C8H6F2INO/c1-4-2-5(11)7(8(9)10)12-6(4)3-13/h2-3,8H,1H3. The van der Waals surface area contributed by atoms with Gasteiger partial charge in [0, 0.05) is 3.57 Å². The Kier molecular flexibility index (Phi) is 3.29. The maximum Gasteiger partial charge on any atom is 0.281 e. The molecule has 0 aromatic carbocycles. The van der Waals surface area contributed by atoms with Gasteiger partial charge in [-0.15, -0.1) is 0 Å². The topological polar surface area (TPSA) is 30.0 Å². The van der Waals surface area contributed by atoms with Gasteiger partial charge in [-0.2, -0.15) is 0 Å². The number of aromatic nitrogens is 1. The number of carbonyl (C=O) groups is 1. The average Bonchev–Trinajstić information content (AvgIpc) is 2.03. The van der Waals surface area contributed by atoms with Gasteiger partial charge in [0.25, 0.3) is 6.43 Å². The van der Waals surface area contributed by atoms with Gasteiger partial charge in [-0.3, -0.25) is 4.79 Å². The van der Waals surface area contributed by atoms with Crippen molar-refractivity contribution in [1.82, 2.24) is 4.98 Å². The summed E-state index contributed by atoms with van der Waals surface area (Å²) >= 11 is 1.78. The number of hydrogen-bond donors (Lipinski definition) is 0. The maximum absolute atomic E-state index is 12.3. The van der Waals surface area contributed by atoms with E-state index in [0.717, 1.165) is 0 Å². The van der Waals surface area contributed by atoms with Crippen LogP contribution in [0.5, 0.6) is 0 Å². The molecule has 0 N–H and O–H groups in total. The van der Waals surface area contributed by atoms with Crippen molar-refractivity contribution in [2.75, 3.05) is 0 Å². The Morgan fingerprint density at radius 2 is 2.23 bits per heavy atom. The Bertz CT molecular complexity index is 341. The lowest BCUT2D eigenvalue weighted by atomic mass is 10.2. The monoisotopic (exact) mass is 297 g/mol. The Morgan fingerprint density at radius 1 is 1.62 bits per heavy atom. The van der Waals surface area contributed by atoms with Crippen molar-refractivity contribution in [3.05, 3.63) is 26.6 Å². The molecule has 0 fully saturated rings. The fourth-order valence-corrected chi connectivity index (χ4v) is 1.70. The van der Waals surface area contributed by atoms with Gasteiger partial charge < -0.3 is 0 Å². The Morgan fingerprint density at radius 3 is 2.69 bits per heavy atom. The minimum atomic E-state index is -2.63. The third-order valence-electron chi connectivity index (χ3n) is 1.55. The second-order valence-corrected chi connectivity index (χ2v) is 3.64. The van der Waals surface area contributed by atoms with Gasteiger partial charge >= 0.3 is 0 Å². The summed E-state index contributed by atoms with van der Waals surface area (Å²) in [5.41, 5.74) is 0.368. The molecule has 0 aliphatic heterocycles. The molecule has 1 rings (SSSR count). The van der Waals surface area contributed by atoms with Crippen molar-refractivity contribution in [2.45, 2.75) is 13.3 Å². The molecule has 0 aliphatic carbocycles. The smallest absolute Gasteiger partial charge is 0.281 e. The predicted octanol–water partition coefficient (Wildman–Crippen LogP) is 2.74. The number of carbonyl (C=O) groups excluding carboxylic acids is 1. The van der Waals surface area contributed by atoms with Gasteiger partial charge in [0.2, 0.25) is 0 Å². The van der Waals surface area contributed by atoms with E-state index in [1.807, 2.05) is 0 Å². The first-order valence-electron chi connectivity index (χ1n) is 3.46. The van der Waals surface area contributed by atoms with Crippen LogP contribution in [0.4, 0.5) is 8.78 Å². The zero-order valence-corrected chi connectivity index (χ0v) is 8.88. The first kappa shape index (κ1) is 10.5. The first-order chi connectivity index (χ1) is 6.06. The van der Waals surface area contributed by atoms with Crippen LogP contribution in [0.1, 0.15) is 28.2 Å². The molecule has 1 aromatic heterocycles. The molecule has 0 bridgehead atoms. The fraction of sp³-hybridized carbons (Fsp3) is 0.250. The molecule has 0 spiro atoms. The van der Waals surface area contributed by atoms with Crippen molar-refractivity contribution >= 4 is 28.9 Å². The molecule has 0 amide bonds. The fourth-order valence-electron chi connectivity index (χ4n) is 0.882. The highest BCUT2D eigenvalue weighted by atomic mass is 127. The molecule has 0 atom stereocenters. The van der Waals surface area contributed by atoms with E-state index in [0.29, 0.717) is 15.4 Å². The molecule has 1 heterocycles. The average molecular weight is 297 g/mol. The normalized spacial score (nSPS) is 10.5. The Hall–Kier alpha value is -0.590. The van der Waals surface area contributed by atoms with Crippen LogP contribution in [-0.4, -0.2) is 11.3 Å². The number of aryl methyl sites for hydroxylation is 1. The first-order valence-corrected chi connectivity index (χ1v) is 4.54. The minimum Gasteiger partial charge on any atom is -0.296 e. The quantitative estimate of drug-likeness (QED) is 0.620. The summed E-state index contributed by atoms with van der Waals surface area (Å²) in [5.74, 6) is 0. The summed E-state index contributed by atoms with van der Waals surface area (Å²) in [6.45, 7) is 1.66. The summed E-state index contributed by atoms with van der Waals surface area (Å²) < 4.78 is 25.0. The van der Waals surface area contributed by atoms with Crippen molar-refractivity contribution in [3.63, 3.8) is 0 Å². The van der Waals surface area contributed by atoms with Crippen molar-refractivity contribution < 1.29 is 13.6 Å². The van der Waals surface area contributed by atoms with Gasteiger partial charge in [0.1, 0.15) is 11.4 Å². The predicted molar refractivity (Wildman–Crippen MR) is 52.0 cm³/mol. The van der Waals surface area contributed by atoms with Crippen LogP contribution in [-0.2, 0) is 0 Å². The van der Waals surface area contributed by atoms with E-state index >= 15 is 0 Å². The molecular weight excluding hydrogens is 291 g/mol. The molecule has 2 nitrogen and oxygen atoms in total. The van der Waals surface area contributed by atoms with Crippen LogP contribution in [0, 0.1) is 10.5 Å². The lowest BCUT2D eigenvalue weighted by molar-refractivity contribution is 0.111. The number of aldehydes is 1. The van der Waals surface area contributed by atoms with E-state index in [4.69, 9.17) is 0 Å². The van der Waals surface area contributed by atoms with Crippen molar-refractivity contribution in [1.29, 1.82) is 0 Å². The van der Waals surface area contributed by atoms with E-state index in [1.54, 1.807) is 29.5 Å². The van der Waals surface area contributed by atoms with Gasteiger partial charge in [0.15, 0.2) is 6.29 Å². The van der Waals surface area contributed by atoms with Crippen LogP contribution in [0.3, 0.4) is 0 Å². The largest absolute Gasteiger partial charge is 0.296 e. The molecule has 13 heavy (non-hydrogen) atoms. The van der Waals surface area contributed by atoms with Crippen molar-refractivity contribution in [2.24, 2.45) is 0 Å². The number of alkyl halides is 2. The number of halogens is 3. The van der Waals surface area contributed by atoms with E-state index in [1.165, 1.54) is 6.07 Å². The van der Waals surface area contributed by atoms with E-state index in [-0.39, 0.29) is 11.4 Å². The maximum atomic E-state index is 12.3. The summed E-state index contributed by atoms with van der Waals surface area (Å²) in [6.07, 6.45) is -2.15. The number of pyridine rings is 1. The highest BCUT2D eigenvalue weighted by molar-refractivity contribution is 14.1. The second kappa shape index (κ2) is 4.08. The molecule has 70 valence electrons.